The third kappa shape index (κ3) is 4.47. The fourth-order valence-corrected chi connectivity index (χ4v) is 2.09. The SMILES string of the molecule is C#CCSCCNC(=O)c1cccc([N+](=O)[O-])c1Cl. The highest BCUT2D eigenvalue weighted by atomic mass is 35.5. The monoisotopic (exact) mass is 298 g/mol. The van der Waals surface area contributed by atoms with Crippen LogP contribution in [0.25, 0.3) is 0 Å². The average molecular weight is 299 g/mol. The molecule has 19 heavy (non-hydrogen) atoms. The number of thioether (sulfide) groups is 1. The fourth-order valence-electron chi connectivity index (χ4n) is 1.30. The first-order chi connectivity index (χ1) is 9.07. The summed E-state index contributed by atoms with van der Waals surface area (Å²) < 4.78 is 0. The number of terminal acetylenes is 1. The second-order valence-electron chi connectivity index (χ2n) is 3.41. The van der Waals surface area contributed by atoms with Crippen molar-refractivity contribution in [2.45, 2.75) is 0 Å². The Morgan fingerprint density at radius 2 is 2.32 bits per heavy atom. The molecule has 0 saturated heterocycles. The lowest BCUT2D eigenvalue weighted by Crippen LogP contribution is -2.26. The van der Waals surface area contributed by atoms with Crippen LogP contribution in [0.5, 0.6) is 0 Å². The van der Waals surface area contributed by atoms with Crippen molar-refractivity contribution in [3.63, 3.8) is 0 Å². The highest BCUT2D eigenvalue weighted by Gasteiger charge is 2.19. The summed E-state index contributed by atoms with van der Waals surface area (Å²) in [6, 6.07) is 4.12. The fraction of sp³-hybridized carbons (Fsp3) is 0.250. The van der Waals surface area contributed by atoms with Crippen molar-refractivity contribution >= 4 is 35.0 Å². The van der Waals surface area contributed by atoms with Gasteiger partial charge in [-0.1, -0.05) is 23.6 Å². The van der Waals surface area contributed by atoms with Crippen molar-refractivity contribution in [1.29, 1.82) is 0 Å². The highest BCUT2D eigenvalue weighted by molar-refractivity contribution is 7.99. The van der Waals surface area contributed by atoms with Crippen LogP contribution in [-0.4, -0.2) is 28.9 Å². The summed E-state index contributed by atoms with van der Waals surface area (Å²) in [4.78, 5) is 21.9. The molecular weight excluding hydrogens is 288 g/mol. The molecule has 1 N–H and O–H groups in total. The maximum absolute atomic E-state index is 11.8. The van der Waals surface area contributed by atoms with Crippen LogP contribution in [-0.2, 0) is 0 Å². The van der Waals surface area contributed by atoms with Crippen LogP contribution in [0.1, 0.15) is 10.4 Å². The smallest absolute Gasteiger partial charge is 0.288 e. The number of nitro benzene ring substituents is 1. The van der Waals surface area contributed by atoms with Crippen LogP contribution in [0.3, 0.4) is 0 Å². The topological polar surface area (TPSA) is 72.2 Å². The van der Waals surface area contributed by atoms with E-state index in [0.717, 1.165) is 0 Å². The number of rotatable bonds is 6. The molecule has 0 heterocycles. The molecule has 1 aromatic rings. The van der Waals surface area contributed by atoms with E-state index in [2.05, 4.69) is 11.2 Å². The van der Waals surface area contributed by atoms with E-state index >= 15 is 0 Å². The largest absolute Gasteiger partial charge is 0.351 e. The minimum atomic E-state index is -0.623. The van der Waals surface area contributed by atoms with Gasteiger partial charge in [0.1, 0.15) is 5.02 Å². The van der Waals surface area contributed by atoms with Crippen LogP contribution < -0.4 is 5.32 Å². The van der Waals surface area contributed by atoms with Crippen LogP contribution in [0.2, 0.25) is 5.02 Å². The predicted octanol–water partition coefficient (Wildman–Crippen LogP) is 2.34. The van der Waals surface area contributed by atoms with Gasteiger partial charge in [0.25, 0.3) is 11.6 Å². The van der Waals surface area contributed by atoms with Crippen molar-refractivity contribution in [2.75, 3.05) is 18.1 Å². The van der Waals surface area contributed by atoms with Gasteiger partial charge in [-0.05, 0) is 6.07 Å². The van der Waals surface area contributed by atoms with Crippen LogP contribution >= 0.6 is 23.4 Å². The Morgan fingerprint density at radius 3 is 2.95 bits per heavy atom. The lowest BCUT2D eigenvalue weighted by Gasteiger charge is -2.06. The summed E-state index contributed by atoms with van der Waals surface area (Å²) in [6.45, 7) is 0.421. The first-order valence-corrected chi connectivity index (χ1v) is 6.83. The second-order valence-corrected chi connectivity index (χ2v) is 4.89. The van der Waals surface area contributed by atoms with Crippen molar-refractivity contribution in [2.24, 2.45) is 0 Å². The van der Waals surface area contributed by atoms with Crippen molar-refractivity contribution in [3.05, 3.63) is 38.9 Å². The minimum absolute atomic E-state index is 0.0952. The Hall–Kier alpha value is -1.71. The van der Waals surface area contributed by atoms with E-state index in [0.29, 0.717) is 18.1 Å². The number of benzene rings is 1. The zero-order chi connectivity index (χ0) is 14.3. The van der Waals surface area contributed by atoms with Gasteiger partial charge in [0.2, 0.25) is 0 Å². The lowest BCUT2D eigenvalue weighted by atomic mass is 10.2. The van der Waals surface area contributed by atoms with E-state index in [1.165, 1.54) is 30.0 Å². The van der Waals surface area contributed by atoms with Gasteiger partial charge >= 0.3 is 0 Å². The van der Waals surface area contributed by atoms with E-state index in [1.54, 1.807) is 0 Å². The minimum Gasteiger partial charge on any atom is -0.351 e. The molecule has 0 aliphatic rings. The van der Waals surface area contributed by atoms with E-state index in [1.807, 2.05) is 0 Å². The number of hydrogen-bond acceptors (Lipinski definition) is 4. The van der Waals surface area contributed by atoms with Gasteiger partial charge in [-0.3, -0.25) is 14.9 Å². The Labute approximate surface area is 119 Å². The first-order valence-electron chi connectivity index (χ1n) is 5.30. The van der Waals surface area contributed by atoms with Crippen molar-refractivity contribution in [1.82, 2.24) is 5.32 Å². The Balaban J connectivity index is 2.65. The van der Waals surface area contributed by atoms with Gasteiger partial charge in [-0.2, -0.15) is 0 Å². The van der Waals surface area contributed by atoms with Crippen LogP contribution in [0, 0.1) is 22.5 Å². The van der Waals surface area contributed by atoms with E-state index in [-0.39, 0.29) is 16.3 Å². The molecule has 0 saturated carbocycles. The summed E-state index contributed by atoms with van der Waals surface area (Å²) >= 11 is 7.34. The molecule has 0 atom stereocenters. The average Bonchev–Trinajstić information content (AvgIpc) is 2.38. The molecule has 0 unspecified atom stereocenters. The molecular formula is C12H11ClN2O3S. The quantitative estimate of drug-likeness (QED) is 0.379. The third-order valence-corrected chi connectivity index (χ3v) is 3.40. The number of carbonyl (C=O) groups excluding carboxylic acids is 1. The molecule has 5 nitrogen and oxygen atoms in total. The number of halogens is 1. The van der Waals surface area contributed by atoms with Crippen LogP contribution in [0.15, 0.2) is 18.2 Å². The molecule has 0 spiro atoms. The molecule has 1 amide bonds. The normalized spacial score (nSPS) is 9.68. The number of nitrogens with one attached hydrogen (secondary N) is 1. The number of carbonyl (C=O) groups is 1. The summed E-state index contributed by atoms with van der Waals surface area (Å²) in [7, 11) is 0. The number of amides is 1. The van der Waals surface area contributed by atoms with Gasteiger partial charge in [0.15, 0.2) is 0 Å². The maximum Gasteiger partial charge on any atom is 0.288 e. The third-order valence-electron chi connectivity index (χ3n) is 2.14. The van der Waals surface area contributed by atoms with Crippen molar-refractivity contribution in [3.8, 4) is 12.3 Å². The number of nitrogens with zero attached hydrogens (tertiary/aromatic N) is 1. The Bertz CT molecular complexity index is 528. The summed E-state index contributed by atoms with van der Waals surface area (Å²) in [6.07, 6.45) is 5.09. The zero-order valence-corrected chi connectivity index (χ0v) is 11.5. The zero-order valence-electron chi connectivity index (χ0n) is 9.89. The summed E-state index contributed by atoms with van der Waals surface area (Å²) in [5.41, 5.74) is -0.186. The molecule has 1 aromatic carbocycles. The van der Waals surface area contributed by atoms with Crippen LogP contribution in [0.4, 0.5) is 5.69 Å². The van der Waals surface area contributed by atoms with Gasteiger partial charge in [0.05, 0.1) is 16.2 Å². The Morgan fingerprint density at radius 1 is 1.58 bits per heavy atom. The molecule has 0 aliphatic carbocycles. The van der Waals surface area contributed by atoms with Gasteiger partial charge in [0, 0.05) is 18.4 Å². The number of nitro groups is 1. The van der Waals surface area contributed by atoms with Gasteiger partial charge in [-0.25, -0.2) is 0 Å². The summed E-state index contributed by atoms with van der Waals surface area (Å²) in [5, 5.41) is 13.2. The molecule has 100 valence electrons. The first kappa shape index (κ1) is 15.3. The van der Waals surface area contributed by atoms with E-state index in [4.69, 9.17) is 18.0 Å². The Kier molecular flexibility index (Phi) is 6.19. The molecule has 7 heteroatoms. The molecule has 1 rings (SSSR count). The number of hydrogen-bond donors (Lipinski definition) is 1. The molecule has 0 bridgehead atoms. The standard InChI is InChI=1S/C12H11ClN2O3S/c1-2-7-19-8-6-14-12(16)9-4-3-5-10(11(9)13)15(17)18/h1,3-5H,6-8H2,(H,14,16). The second kappa shape index (κ2) is 7.67. The summed E-state index contributed by atoms with van der Waals surface area (Å²) in [5.74, 6) is 3.28. The predicted molar refractivity (Wildman–Crippen MR) is 76.6 cm³/mol. The molecule has 0 aromatic heterocycles. The molecule has 0 radical (unpaired) electrons. The molecule has 0 aliphatic heterocycles. The maximum atomic E-state index is 11.8. The van der Waals surface area contributed by atoms with Crippen molar-refractivity contribution < 1.29 is 9.72 Å². The van der Waals surface area contributed by atoms with Gasteiger partial charge < -0.3 is 5.32 Å². The van der Waals surface area contributed by atoms with E-state index < -0.39 is 10.8 Å². The highest BCUT2D eigenvalue weighted by Crippen LogP contribution is 2.27. The molecule has 0 fully saturated rings. The lowest BCUT2D eigenvalue weighted by molar-refractivity contribution is -0.384. The van der Waals surface area contributed by atoms with E-state index in [9.17, 15) is 14.9 Å². The van der Waals surface area contributed by atoms with Gasteiger partial charge in [-0.15, -0.1) is 18.2 Å².